The van der Waals surface area contributed by atoms with Gasteiger partial charge in [-0.05, 0) is 16.2 Å². The van der Waals surface area contributed by atoms with Crippen LogP contribution in [0.5, 0.6) is 0 Å². The van der Waals surface area contributed by atoms with Gasteiger partial charge in [0, 0.05) is 32.7 Å². The summed E-state index contributed by atoms with van der Waals surface area (Å²) in [6.45, 7) is 18.6. The standard InChI is InChI=1S/C11H24.Y/c1-9(2,3)11(7,8)10(4,5)6;/h1-8H3;. The molecular weight excluding hydrogens is 221 g/mol. The fourth-order valence-electron chi connectivity index (χ4n) is 1.12. The summed E-state index contributed by atoms with van der Waals surface area (Å²) in [5.74, 6) is 0. The van der Waals surface area contributed by atoms with Crippen LogP contribution in [0.25, 0.3) is 0 Å². The van der Waals surface area contributed by atoms with Gasteiger partial charge in [-0.2, -0.15) is 0 Å². The monoisotopic (exact) mass is 245 g/mol. The molecule has 0 bridgehead atoms. The molecular formula is C11H24Y. The molecule has 0 aliphatic rings. The second-order valence-electron chi connectivity index (χ2n) is 6.12. The van der Waals surface area contributed by atoms with E-state index in [0.29, 0.717) is 16.2 Å². The number of hydrogen-bond acceptors (Lipinski definition) is 0. The Bertz CT molecular complexity index is 116. The molecule has 0 saturated carbocycles. The molecule has 0 rings (SSSR count). The van der Waals surface area contributed by atoms with E-state index in [9.17, 15) is 0 Å². The zero-order valence-electron chi connectivity index (χ0n) is 10.1. The van der Waals surface area contributed by atoms with Gasteiger partial charge in [0.1, 0.15) is 0 Å². The fourth-order valence-corrected chi connectivity index (χ4v) is 1.12. The number of rotatable bonds is 0. The second-order valence-corrected chi connectivity index (χ2v) is 6.12. The van der Waals surface area contributed by atoms with Gasteiger partial charge in [-0.25, -0.2) is 0 Å². The molecule has 0 heterocycles. The van der Waals surface area contributed by atoms with Crippen molar-refractivity contribution in [1.29, 1.82) is 0 Å². The third-order valence-corrected chi connectivity index (χ3v) is 3.75. The molecule has 0 spiro atoms. The van der Waals surface area contributed by atoms with Crippen LogP contribution in [0.4, 0.5) is 0 Å². The Labute approximate surface area is 104 Å². The van der Waals surface area contributed by atoms with Crippen molar-refractivity contribution in [3.05, 3.63) is 0 Å². The first kappa shape index (κ1) is 15.6. The van der Waals surface area contributed by atoms with Crippen molar-refractivity contribution in [2.75, 3.05) is 0 Å². The van der Waals surface area contributed by atoms with E-state index in [1.807, 2.05) is 0 Å². The van der Waals surface area contributed by atoms with Crippen molar-refractivity contribution in [3.63, 3.8) is 0 Å². The first-order valence-corrected chi connectivity index (χ1v) is 4.50. The molecule has 0 saturated heterocycles. The van der Waals surface area contributed by atoms with Gasteiger partial charge in [-0.15, -0.1) is 0 Å². The maximum atomic E-state index is 2.35. The molecule has 0 aliphatic carbocycles. The third-order valence-electron chi connectivity index (χ3n) is 3.75. The van der Waals surface area contributed by atoms with Crippen molar-refractivity contribution in [2.45, 2.75) is 55.4 Å². The summed E-state index contributed by atoms with van der Waals surface area (Å²) in [4.78, 5) is 0. The molecule has 0 amide bonds. The summed E-state index contributed by atoms with van der Waals surface area (Å²) >= 11 is 0. The minimum Gasteiger partial charge on any atom is -0.0596 e. The maximum Gasteiger partial charge on any atom is 0 e. The minimum atomic E-state index is 0. The van der Waals surface area contributed by atoms with Gasteiger partial charge in [-0.1, -0.05) is 55.4 Å². The van der Waals surface area contributed by atoms with Crippen molar-refractivity contribution < 1.29 is 32.7 Å². The Morgan fingerprint density at radius 3 is 0.667 bits per heavy atom. The zero-order valence-corrected chi connectivity index (χ0v) is 12.9. The molecule has 12 heavy (non-hydrogen) atoms. The molecule has 1 radical (unpaired) electrons. The fraction of sp³-hybridized carbons (Fsp3) is 1.00. The van der Waals surface area contributed by atoms with E-state index in [0.717, 1.165) is 0 Å². The first-order chi connectivity index (χ1) is 4.50. The van der Waals surface area contributed by atoms with E-state index in [2.05, 4.69) is 55.4 Å². The van der Waals surface area contributed by atoms with Gasteiger partial charge in [0.05, 0.1) is 0 Å². The van der Waals surface area contributed by atoms with E-state index >= 15 is 0 Å². The topological polar surface area (TPSA) is 0 Å². The van der Waals surface area contributed by atoms with Gasteiger partial charge >= 0.3 is 0 Å². The Balaban J connectivity index is 0. The van der Waals surface area contributed by atoms with Gasteiger partial charge in [-0.3, -0.25) is 0 Å². The molecule has 0 unspecified atom stereocenters. The van der Waals surface area contributed by atoms with Crippen LogP contribution in [-0.2, 0) is 32.7 Å². The van der Waals surface area contributed by atoms with Crippen LogP contribution in [0, 0.1) is 16.2 Å². The van der Waals surface area contributed by atoms with E-state index in [4.69, 9.17) is 0 Å². The van der Waals surface area contributed by atoms with Gasteiger partial charge < -0.3 is 0 Å². The van der Waals surface area contributed by atoms with Crippen LogP contribution in [-0.4, -0.2) is 0 Å². The van der Waals surface area contributed by atoms with Crippen LogP contribution < -0.4 is 0 Å². The Hall–Kier alpha value is 1.10. The predicted octanol–water partition coefficient (Wildman–Crippen LogP) is 4.10. The summed E-state index contributed by atoms with van der Waals surface area (Å²) in [5, 5.41) is 0. The minimum absolute atomic E-state index is 0. The molecule has 0 fully saturated rings. The second kappa shape index (κ2) is 4.09. The van der Waals surface area contributed by atoms with Crippen LogP contribution in [0.2, 0.25) is 0 Å². The molecule has 0 aromatic carbocycles. The van der Waals surface area contributed by atoms with E-state index in [1.54, 1.807) is 0 Å². The smallest absolute Gasteiger partial charge is 0 e. The normalized spacial score (nSPS) is 14.0. The first-order valence-electron chi connectivity index (χ1n) is 4.50. The summed E-state index contributed by atoms with van der Waals surface area (Å²) < 4.78 is 0. The summed E-state index contributed by atoms with van der Waals surface area (Å²) in [7, 11) is 0. The molecule has 0 aromatic heterocycles. The largest absolute Gasteiger partial charge is 0.0596 e. The third kappa shape index (κ3) is 3.11. The van der Waals surface area contributed by atoms with Crippen LogP contribution in [0.15, 0.2) is 0 Å². The molecule has 0 aromatic rings. The van der Waals surface area contributed by atoms with E-state index in [-0.39, 0.29) is 32.7 Å². The SMILES string of the molecule is CC(C)(C)C(C)(C)C(C)(C)C.[Y]. The van der Waals surface area contributed by atoms with Crippen molar-refractivity contribution in [1.82, 2.24) is 0 Å². The Kier molecular flexibility index (Phi) is 5.31. The molecule has 1 heteroatoms. The summed E-state index contributed by atoms with van der Waals surface area (Å²) in [5.41, 5.74) is 1.14. The van der Waals surface area contributed by atoms with Crippen molar-refractivity contribution in [2.24, 2.45) is 16.2 Å². The summed E-state index contributed by atoms with van der Waals surface area (Å²) in [6, 6.07) is 0. The Morgan fingerprint density at radius 2 is 0.667 bits per heavy atom. The summed E-state index contributed by atoms with van der Waals surface area (Å²) in [6.07, 6.45) is 0. The van der Waals surface area contributed by atoms with Crippen molar-refractivity contribution >= 4 is 0 Å². The predicted molar refractivity (Wildman–Crippen MR) is 52.7 cm³/mol. The van der Waals surface area contributed by atoms with Gasteiger partial charge in [0.25, 0.3) is 0 Å². The average Bonchev–Trinajstić information content (AvgIpc) is 1.58. The zero-order chi connectivity index (χ0) is 9.50. The Morgan fingerprint density at radius 1 is 0.500 bits per heavy atom. The average molecular weight is 245 g/mol. The van der Waals surface area contributed by atoms with Crippen LogP contribution >= 0.6 is 0 Å². The molecule has 0 aliphatic heterocycles. The van der Waals surface area contributed by atoms with Gasteiger partial charge in [0.2, 0.25) is 0 Å². The molecule has 0 atom stereocenters. The number of hydrogen-bond donors (Lipinski definition) is 0. The van der Waals surface area contributed by atoms with Crippen LogP contribution in [0.1, 0.15) is 55.4 Å². The quantitative estimate of drug-likeness (QED) is 0.602. The molecule has 0 nitrogen and oxygen atoms in total. The van der Waals surface area contributed by atoms with E-state index in [1.165, 1.54) is 0 Å². The van der Waals surface area contributed by atoms with E-state index < -0.39 is 0 Å². The maximum absolute atomic E-state index is 2.35. The van der Waals surface area contributed by atoms with Crippen molar-refractivity contribution in [3.8, 4) is 0 Å². The van der Waals surface area contributed by atoms with Crippen LogP contribution in [0.3, 0.4) is 0 Å². The van der Waals surface area contributed by atoms with Gasteiger partial charge in [0.15, 0.2) is 0 Å². The molecule has 71 valence electrons. The molecule has 0 N–H and O–H groups in total.